The Hall–Kier alpha value is -1.34. The van der Waals surface area contributed by atoms with Crippen LogP contribution in [0.2, 0.25) is 0 Å². The zero-order chi connectivity index (χ0) is 12.1. The Bertz CT molecular complexity index is 437. The summed E-state index contributed by atoms with van der Waals surface area (Å²) >= 11 is 7.77. The van der Waals surface area contributed by atoms with Crippen LogP contribution < -0.4 is 15.9 Å². The van der Waals surface area contributed by atoms with Crippen LogP contribution in [0.3, 0.4) is 0 Å². The number of rotatable bonds is 3. The van der Waals surface area contributed by atoms with Gasteiger partial charge in [0, 0.05) is 5.56 Å². The third-order valence-electron chi connectivity index (χ3n) is 1.68. The number of aromatic hydroxyl groups is 1. The number of thiocarbonyl (C=S) groups is 1. The number of nitrogens with one attached hydrogen (secondary N) is 1. The molecule has 5 nitrogen and oxygen atoms in total. The first-order chi connectivity index (χ1) is 7.54. The molecule has 0 fully saturated rings. The molecule has 1 aromatic carbocycles. The molecule has 0 bridgehead atoms. The first-order valence-electron chi connectivity index (χ1n) is 4.19. The van der Waals surface area contributed by atoms with E-state index in [1.54, 1.807) is 12.1 Å². The molecule has 0 atom stereocenters. The van der Waals surface area contributed by atoms with Crippen molar-refractivity contribution in [1.29, 1.82) is 0 Å². The number of hydrogen-bond acceptors (Lipinski definition) is 4. The van der Waals surface area contributed by atoms with E-state index in [1.807, 2.05) is 0 Å². The molecule has 0 saturated carbocycles. The summed E-state index contributed by atoms with van der Waals surface area (Å²) in [5.41, 5.74) is 8.06. The van der Waals surface area contributed by atoms with Gasteiger partial charge in [-0.3, -0.25) is 5.43 Å². The molecular formula is C9H10BrN3O2S. The first-order valence-corrected chi connectivity index (χ1v) is 5.39. The molecule has 0 heterocycles. The van der Waals surface area contributed by atoms with Gasteiger partial charge in [-0.2, -0.15) is 5.10 Å². The highest BCUT2D eigenvalue weighted by molar-refractivity contribution is 9.10. The van der Waals surface area contributed by atoms with Gasteiger partial charge in [0.25, 0.3) is 0 Å². The summed E-state index contributed by atoms with van der Waals surface area (Å²) in [5.74, 6) is 0.663. The molecule has 0 unspecified atom stereocenters. The maximum atomic E-state index is 9.70. The number of phenols is 1. The van der Waals surface area contributed by atoms with E-state index in [2.05, 4.69) is 38.7 Å². The third kappa shape index (κ3) is 3.35. The van der Waals surface area contributed by atoms with E-state index in [0.717, 1.165) is 0 Å². The molecule has 0 aromatic heterocycles. The fourth-order valence-corrected chi connectivity index (χ4v) is 1.48. The Morgan fingerprint density at radius 1 is 1.69 bits per heavy atom. The first kappa shape index (κ1) is 12.7. The normalized spacial score (nSPS) is 10.4. The highest BCUT2D eigenvalue weighted by Crippen LogP contribution is 2.31. The monoisotopic (exact) mass is 303 g/mol. The average Bonchev–Trinajstić information content (AvgIpc) is 2.23. The largest absolute Gasteiger partial charge is 0.506 e. The van der Waals surface area contributed by atoms with E-state index in [-0.39, 0.29) is 10.9 Å². The second-order valence-electron chi connectivity index (χ2n) is 2.78. The second kappa shape index (κ2) is 5.66. The van der Waals surface area contributed by atoms with Gasteiger partial charge < -0.3 is 15.6 Å². The van der Waals surface area contributed by atoms with Gasteiger partial charge >= 0.3 is 0 Å². The second-order valence-corrected chi connectivity index (χ2v) is 4.08. The van der Waals surface area contributed by atoms with E-state index in [9.17, 15) is 5.11 Å². The summed E-state index contributed by atoms with van der Waals surface area (Å²) in [6.07, 6.45) is 1.39. The van der Waals surface area contributed by atoms with Crippen molar-refractivity contribution < 1.29 is 9.84 Å². The standard InChI is InChI=1S/C9H10BrN3O2S/c1-15-6-2-5(4-12-13-9(11)16)8(14)7(10)3-6/h2-4,14H,1H3,(H3,11,13,16)/b12-4+. The lowest BCUT2D eigenvalue weighted by molar-refractivity contribution is 0.411. The highest BCUT2D eigenvalue weighted by Gasteiger charge is 2.06. The van der Waals surface area contributed by atoms with Crippen LogP contribution in [-0.2, 0) is 0 Å². The van der Waals surface area contributed by atoms with Gasteiger partial charge in [-0.1, -0.05) is 0 Å². The molecule has 16 heavy (non-hydrogen) atoms. The van der Waals surface area contributed by atoms with E-state index in [1.165, 1.54) is 13.3 Å². The molecule has 0 aliphatic rings. The average molecular weight is 304 g/mol. The van der Waals surface area contributed by atoms with Crippen LogP contribution in [0.4, 0.5) is 0 Å². The van der Waals surface area contributed by atoms with Crippen molar-refractivity contribution >= 4 is 39.5 Å². The SMILES string of the molecule is COc1cc(Br)c(O)c(/C=N/NC(N)=S)c1. The molecule has 86 valence electrons. The molecule has 0 saturated heterocycles. The van der Waals surface area contributed by atoms with Crippen LogP contribution in [0.1, 0.15) is 5.56 Å². The fourth-order valence-electron chi connectivity index (χ4n) is 0.976. The number of methoxy groups -OCH3 is 1. The highest BCUT2D eigenvalue weighted by atomic mass is 79.9. The van der Waals surface area contributed by atoms with Gasteiger partial charge in [0.1, 0.15) is 11.5 Å². The number of halogens is 1. The van der Waals surface area contributed by atoms with Gasteiger partial charge in [-0.15, -0.1) is 0 Å². The molecule has 7 heteroatoms. The van der Waals surface area contributed by atoms with Gasteiger partial charge in [0.05, 0.1) is 17.8 Å². The van der Waals surface area contributed by atoms with Crippen molar-refractivity contribution in [2.45, 2.75) is 0 Å². The minimum absolute atomic E-state index is 0.0534. The zero-order valence-corrected chi connectivity index (χ0v) is 10.8. The van der Waals surface area contributed by atoms with Gasteiger partial charge in [-0.05, 0) is 40.3 Å². The molecule has 0 amide bonds. The van der Waals surface area contributed by atoms with Crippen molar-refractivity contribution in [3.8, 4) is 11.5 Å². The predicted molar refractivity (Wildman–Crippen MR) is 69.9 cm³/mol. The molecule has 1 rings (SSSR count). The molecule has 1 aromatic rings. The predicted octanol–water partition coefficient (Wildman–Crippen LogP) is 1.33. The Kier molecular flexibility index (Phi) is 4.51. The Balaban J connectivity index is 2.98. The van der Waals surface area contributed by atoms with Crippen molar-refractivity contribution in [3.63, 3.8) is 0 Å². The number of benzene rings is 1. The molecule has 0 radical (unpaired) electrons. The lowest BCUT2D eigenvalue weighted by atomic mass is 10.2. The summed E-state index contributed by atoms with van der Waals surface area (Å²) in [6, 6.07) is 3.28. The van der Waals surface area contributed by atoms with Crippen LogP contribution in [0.15, 0.2) is 21.7 Å². The number of ether oxygens (including phenoxy) is 1. The Morgan fingerprint density at radius 3 is 2.94 bits per heavy atom. The summed E-state index contributed by atoms with van der Waals surface area (Å²) in [6.45, 7) is 0. The van der Waals surface area contributed by atoms with E-state index >= 15 is 0 Å². The van der Waals surface area contributed by atoms with Crippen LogP contribution >= 0.6 is 28.1 Å². The van der Waals surface area contributed by atoms with Gasteiger partial charge in [0.2, 0.25) is 0 Å². The molecular weight excluding hydrogens is 294 g/mol. The fraction of sp³-hybridized carbons (Fsp3) is 0.111. The number of phenolic OH excluding ortho intramolecular Hbond substituents is 1. The van der Waals surface area contributed by atoms with E-state index in [0.29, 0.717) is 15.8 Å². The zero-order valence-electron chi connectivity index (χ0n) is 8.40. The van der Waals surface area contributed by atoms with Crippen LogP contribution in [0, 0.1) is 0 Å². The Labute approximate surface area is 106 Å². The molecule has 4 N–H and O–H groups in total. The Morgan fingerprint density at radius 2 is 2.38 bits per heavy atom. The third-order valence-corrected chi connectivity index (χ3v) is 2.38. The summed E-state index contributed by atoms with van der Waals surface area (Å²) in [7, 11) is 1.53. The van der Waals surface area contributed by atoms with Crippen molar-refractivity contribution in [1.82, 2.24) is 5.43 Å². The lowest BCUT2D eigenvalue weighted by Crippen LogP contribution is -2.24. The lowest BCUT2D eigenvalue weighted by Gasteiger charge is -2.05. The maximum absolute atomic E-state index is 9.70. The number of hydrazone groups is 1. The molecule has 0 spiro atoms. The smallest absolute Gasteiger partial charge is 0.184 e. The van der Waals surface area contributed by atoms with Gasteiger partial charge in [-0.25, -0.2) is 0 Å². The number of hydrogen-bond donors (Lipinski definition) is 3. The van der Waals surface area contributed by atoms with Crippen LogP contribution in [0.5, 0.6) is 11.5 Å². The number of nitrogens with zero attached hydrogens (tertiary/aromatic N) is 1. The maximum Gasteiger partial charge on any atom is 0.184 e. The van der Waals surface area contributed by atoms with Gasteiger partial charge in [0.15, 0.2) is 5.11 Å². The van der Waals surface area contributed by atoms with Crippen LogP contribution in [-0.4, -0.2) is 23.5 Å². The minimum atomic E-state index is 0.0534. The van der Waals surface area contributed by atoms with E-state index in [4.69, 9.17) is 10.5 Å². The summed E-state index contributed by atoms with van der Waals surface area (Å²) < 4.78 is 5.56. The van der Waals surface area contributed by atoms with Crippen LogP contribution in [0.25, 0.3) is 0 Å². The molecule has 0 aliphatic heterocycles. The van der Waals surface area contributed by atoms with Crippen molar-refractivity contribution in [2.75, 3.05) is 7.11 Å². The summed E-state index contributed by atoms with van der Waals surface area (Å²) in [5, 5.41) is 13.5. The topological polar surface area (TPSA) is 79.9 Å². The van der Waals surface area contributed by atoms with Crippen molar-refractivity contribution in [2.24, 2.45) is 10.8 Å². The van der Waals surface area contributed by atoms with Crippen molar-refractivity contribution in [3.05, 3.63) is 22.2 Å². The minimum Gasteiger partial charge on any atom is -0.506 e. The summed E-state index contributed by atoms with van der Waals surface area (Å²) in [4.78, 5) is 0. The van der Waals surface area contributed by atoms with E-state index < -0.39 is 0 Å². The quantitative estimate of drug-likeness (QED) is 0.446. The number of nitrogens with two attached hydrogens (primary N) is 1. The molecule has 0 aliphatic carbocycles.